The lowest BCUT2D eigenvalue weighted by Crippen LogP contribution is -2.09. The smallest absolute Gasteiger partial charge is 0.108 e. The zero-order chi connectivity index (χ0) is 12.3. The van der Waals surface area contributed by atoms with E-state index >= 15 is 0 Å². The summed E-state index contributed by atoms with van der Waals surface area (Å²) in [4.78, 5) is 0. The van der Waals surface area contributed by atoms with Crippen molar-refractivity contribution in [1.29, 1.82) is 0 Å². The minimum Gasteiger partial charge on any atom is -0.361 e. The number of hydrogen-bond acceptors (Lipinski definition) is 1. The molecular formula is C16H20O. The Balaban J connectivity index is 2.52. The molecule has 0 aliphatic rings. The summed E-state index contributed by atoms with van der Waals surface area (Å²) in [5, 5.41) is 0. The Labute approximate surface area is 105 Å². The molecule has 0 heterocycles. The number of benzene rings is 1. The molecule has 0 radical (unpaired) electrons. The van der Waals surface area contributed by atoms with E-state index in [0.717, 1.165) is 12.8 Å². The summed E-state index contributed by atoms with van der Waals surface area (Å²) in [6, 6.07) is 10.2. The molecule has 1 unspecified atom stereocenters. The second-order valence-corrected chi connectivity index (χ2v) is 3.97. The summed E-state index contributed by atoms with van der Waals surface area (Å²) in [5.74, 6) is 2.52. The largest absolute Gasteiger partial charge is 0.361 e. The Kier molecular flexibility index (Phi) is 6.86. The Morgan fingerprint density at radius 3 is 2.76 bits per heavy atom. The van der Waals surface area contributed by atoms with E-state index in [2.05, 4.69) is 37.1 Å². The van der Waals surface area contributed by atoms with Crippen LogP contribution in [0, 0.1) is 12.3 Å². The van der Waals surface area contributed by atoms with Crippen LogP contribution in [-0.2, 0) is 4.74 Å². The van der Waals surface area contributed by atoms with Crippen molar-refractivity contribution in [2.45, 2.75) is 32.3 Å². The summed E-state index contributed by atoms with van der Waals surface area (Å²) < 4.78 is 5.59. The third kappa shape index (κ3) is 5.94. The molecule has 0 bridgehead atoms. The van der Waals surface area contributed by atoms with Gasteiger partial charge >= 0.3 is 0 Å². The zero-order valence-electron chi connectivity index (χ0n) is 10.4. The van der Waals surface area contributed by atoms with Gasteiger partial charge in [0.05, 0.1) is 6.10 Å². The highest BCUT2D eigenvalue weighted by Gasteiger charge is 2.03. The maximum atomic E-state index is 5.59. The van der Waals surface area contributed by atoms with Gasteiger partial charge in [-0.2, -0.15) is 0 Å². The van der Waals surface area contributed by atoms with Gasteiger partial charge in [0.2, 0.25) is 0 Å². The van der Waals surface area contributed by atoms with Crippen LogP contribution in [0.4, 0.5) is 0 Å². The summed E-state index contributed by atoms with van der Waals surface area (Å²) in [6.07, 6.45) is 12.9. The van der Waals surface area contributed by atoms with Crippen molar-refractivity contribution >= 4 is 6.08 Å². The van der Waals surface area contributed by atoms with Crippen molar-refractivity contribution in [1.82, 2.24) is 0 Å². The molecule has 0 amide bonds. The molecule has 0 fully saturated rings. The highest BCUT2D eigenvalue weighted by Crippen LogP contribution is 2.09. The predicted molar refractivity (Wildman–Crippen MR) is 73.6 cm³/mol. The highest BCUT2D eigenvalue weighted by molar-refractivity contribution is 5.49. The van der Waals surface area contributed by atoms with Gasteiger partial charge in [-0.3, -0.25) is 0 Å². The second-order valence-electron chi connectivity index (χ2n) is 3.97. The van der Waals surface area contributed by atoms with Crippen LogP contribution < -0.4 is 0 Å². The third-order valence-corrected chi connectivity index (χ3v) is 2.53. The molecule has 0 N–H and O–H groups in total. The van der Waals surface area contributed by atoms with Crippen LogP contribution in [0.25, 0.3) is 6.08 Å². The van der Waals surface area contributed by atoms with Crippen molar-refractivity contribution in [3.63, 3.8) is 0 Å². The molecule has 0 saturated heterocycles. The Morgan fingerprint density at radius 1 is 1.35 bits per heavy atom. The number of hydrogen-bond donors (Lipinski definition) is 0. The van der Waals surface area contributed by atoms with Crippen LogP contribution in [0.3, 0.4) is 0 Å². The van der Waals surface area contributed by atoms with E-state index in [0.29, 0.717) is 6.61 Å². The summed E-state index contributed by atoms with van der Waals surface area (Å²) in [7, 11) is 0. The summed E-state index contributed by atoms with van der Waals surface area (Å²) >= 11 is 0. The molecule has 1 aromatic rings. The van der Waals surface area contributed by atoms with Gasteiger partial charge in [0.25, 0.3) is 0 Å². The first-order valence-electron chi connectivity index (χ1n) is 6.15. The molecule has 1 nitrogen and oxygen atoms in total. The molecule has 1 aromatic carbocycles. The van der Waals surface area contributed by atoms with Gasteiger partial charge in [0, 0.05) is 0 Å². The van der Waals surface area contributed by atoms with Gasteiger partial charge < -0.3 is 4.74 Å². The fourth-order valence-electron chi connectivity index (χ4n) is 1.58. The van der Waals surface area contributed by atoms with Crippen LogP contribution in [0.2, 0.25) is 0 Å². The fourth-order valence-corrected chi connectivity index (χ4v) is 1.58. The summed E-state index contributed by atoms with van der Waals surface area (Å²) in [5.41, 5.74) is 1.19. The minimum atomic E-state index is 0.131. The average Bonchev–Trinajstić information content (AvgIpc) is 2.39. The normalized spacial score (nSPS) is 12.5. The van der Waals surface area contributed by atoms with Crippen molar-refractivity contribution in [2.75, 3.05) is 6.61 Å². The van der Waals surface area contributed by atoms with Gasteiger partial charge in [0.15, 0.2) is 0 Å². The second kappa shape index (κ2) is 8.61. The SMILES string of the molecule is C#CCOC(/C=C/c1ccccc1)CCCC. The van der Waals surface area contributed by atoms with Crippen molar-refractivity contribution in [3.8, 4) is 12.3 Å². The molecule has 0 aliphatic carbocycles. The highest BCUT2D eigenvalue weighted by atomic mass is 16.5. The molecule has 1 heteroatoms. The molecule has 1 atom stereocenters. The molecule has 0 aromatic heterocycles. The van der Waals surface area contributed by atoms with Crippen LogP contribution in [-0.4, -0.2) is 12.7 Å². The van der Waals surface area contributed by atoms with E-state index in [1.165, 1.54) is 12.0 Å². The number of ether oxygens (including phenoxy) is 1. The Morgan fingerprint density at radius 2 is 2.12 bits per heavy atom. The zero-order valence-corrected chi connectivity index (χ0v) is 10.4. The van der Waals surface area contributed by atoms with Crippen molar-refractivity contribution in [3.05, 3.63) is 42.0 Å². The monoisotopic (exact) mass is 228 g/mol. The molecular weight excluding hydrogens is 208 g/mol. The first-order chi connectivity index (χ1) is 8.36. The van der Waals surface area contributed by atoms with Gasteiger partial charge in [-0.05, 0) is 12.0 Å². The lowest BCUT2D eigenvalue weighted by molar-refractivity contribution is 0.105. The summed E-state index contributed by atoms with van der Waals surface area (Å²) in [6.45, 7) is 2.56. The van der Waals surface area contributed by atoms with Crippen LogP contribution in [0.15, 0.2) is 36.4 Å². The minimum absolute atomic E-state index is 0.131. The van der Waals surface area contributed by atoms with Crippen LogP contribution in [0.5, 0.6) is 0 Å². The van der Waals surface area contributed by atoms with Crippen LogP contribution >= 0.6 is 0 Å². The molecule has 17 heavy (non-hydrogen) atoms. The number of unbranched alkanes of at least 4 members (excludes halogenated alkanes) is 1. The maximum absolute atomic E-state index is 5.59. The van der Waals surface area contributed by atoms with E-state index < -0.39 is 0 Å². The first-order valence-corrected chi connectivity index (χ1v) is 6.15. The molecule has 90 valence electrons. The van der Waals surface area contributed by atoms with Crippen molar-refractivity contribution < 1.29 is 4.74 Å². The van der Waals surface area contributed by atoms with Gasteiger partial charge in [-0.15, -0.1) is 6.42 Å². The van der Waals surface area contributed by atoms with Crippen LogP contribution in [0.1, 0.15) is 31.7 Å². The maximum Gasteiger partial charge on any atom is 0.108 e. The quantitative estimate of drug-likeness (QED) is 0.643. The molecule has 0 spiro atoms. The van der Waals surface area contributed by atoms with E-state index in [9.17, 15) is 0 Å². The number of rotatable bonds is 7. The lowest BCUT2D eigenvalue weighted by Gasteiger charge is -2.11. The predicted octanol–water partition coefficient (Wildman–Crippen LogP) is 3.91. The molecule has 1 rings (SSSR count). The van der Waals surface area contributed by atoms with E-state index in [4.69, 9.17) is 11.2 Å². The van der Waals surface area contributed by atoms with Gasteiger partial charge in [0.1, 0.15) is 6.61 Å². The fraction of sp³-hybridized carbons (Fsp3) is 0.375. The Hall–Kier alpha value is -1.52. The first kappa shape index (κ1) is 13.5. The van der Waals surface area contributed by atoms with E-state index in [-0.39, 0.29) is 6.10 Å². The topological polar surface area (TPSA) is 9.23 Å². The standard InChI is InChI=1S/C16H20O/c1-3-5-11-16(17-14-4-2)13-12-15-9-7-6-8-10-15/h2,6-10,12-13,16H,3,5,11,14H2,1H3/b13-12+. The van der Waals surface area contributed by atoms with Crippen molar-refractivity contribution in [2.24, 2.45) is 0 Å². The average molecular weight is 228 g/mol. The molecule has 0 aliphatic heterocycles. The lowest BCUT2D eigenvalue weighted by atomic mass is 10.1. The van der Waals surface area contributed by atoms with E-state index in [1.807, 2.05) is 18.2 Å². The van der Waals surface area contributed by atoms with Gasteiger partial charge in [-0.25, -0.2) is 0 Å². The third-order valence-electron chi connectivity index (χ3n) is 2.53. The Bertz CT molecular complexity index is 359. The number of terminal acetylenes is 1. The van der Waals surface area contributed by atoms with E-state index in [1.54, 1.807) is 0 Å². The molecule has 0 saturated carbocycles. The van der Waals surface area contributed by atoms with Gasteiger partial charge in [-0.1, -0.05) is 68.2 Å².